The molecule has 0 unspecified atom stereocenters. The highest BCUT2D eigenvalue weighted by atomic mass is 32.1. The van der Waals surface area contributed by atoms with Gasteiger partial charge in [0.2, 0.25) is 0 Å². The molecule has 1 saturated heterocycles. The third-order valence-electron chi connectivity index (χ3n) is 4.81. The molecule has 7 nitrogen and oxygen atoms in total. The summed E-state index contributed by atoms with van der Waals surface area (Å²) >= 11 is 5.13. The van der Waals surface area contributed by atoms with Crippen LogP contribution in [0.15, 0.2) is 60.3 Å². The van der Waals surface area contributed by atoms with Crippen molar-refractivity contribution in [2.24, 2.45) is 0 Å². The molecule has 2 aromatic carbocycles. The number of esters is 1. The van der Waals surface area contributed by atoms with Crippen molar-refractivity contribution in [3.05, 3.63) is 71.7 Å². The van der Waals surface area contributed by atoms with Crippen LogP contribution >= 0.6 is 12.2 Å². The molecule has 9 heteroatoms. The van der Waals surface area contributed by atoms with Gasteiger partial charge in [-0.05, 0) is 42.6 Å². The summed E-state index contributed by atoms with van der Waals surface area (Å²) in [7, 11) is 1.30. The second-order valence-corrected chi connectivity index (χ2v) is 7.13. The van der Waals surface area contributed by atoms with Gasteiger partial charge >= 0.3 is 5.97 Å². The van der Waals surface area contributed by atoms with Gasteiger partial charge in [0.25, 0.3) is 11.8 Å². The third-order valence-corrected chi connectivity index (χ3v) is 5.10. The molecule has 0 atom stereocenters. The second kappa shape index (κ2) is 8.11. The van der Waals surface area contributed by atoms with Gasteiger partial charge < -0.3 is 9.30 Å². The van der Waals surface area contributed by atoms with Crippen LogP contribution in [0.25, 0.3) is 17.0 Å². The molecule has 1 aliphatic rings. The van der Waals surface area contributed by atoms with Gasteiger partial charge in [0.15, 0.2) is 5.11 Å². The number of hydrogen-bond acceptors (Lipinski definition) is 5. The van der Waals surface area contributed by atoms with Crippen molar-refractivity contribution in [3.63, 3.8) is 0 Å². The first-order valence-corrected chi connectivity index (χ1v) is 9.61. The fourth-order valence-corrected chi connectivity index (χ4v) is 3.67. The summed E-state index contributed by atoms with van der Waals surface area (Å²) in [4.78, 5) is 38.5. The first kappa shape index (κ1) is 20.4. The lowest BCUT2D eigenvalue weighted by Gasteiger charge is -2.28. The molecule has 156 valence electrons. The van der Waals surface area contributed by atoms with Crippen LogP contribution in [0, 0.1) is 5.82 Å². The van der Waals surface area contributed by atoms with Gasteiger partial charge in [0, 0.05) is 22.7 Å². The Balaban J connectivity index is 1.79. The molecule has 0 spiro atoms. The highest BCUT2D eigenvalue weighted by Gasteiger charge is 2.34. The van der Waals surface area contributed by atoms with Gasteiger partial charge in [-0.1, -0.05) is 24.3 Å². The zero-order chi connectivity index (χ0) is 22.1. The molecular weight excluding hydrogens is 421 g/mol. The molecule has 1 fully saturated rings. The van der Waals surface area contributed by atoms with E-state index >= 15 is 0 Å². The average Bonchev–Trinajstić information content (AvgIpc) is 3.08. The van der Waals surface area contributed by atoms with Crippen molar-refractivity contribution in [1.82, 2.24) is 9.88 Å². The number of amides is 2. The molecule has 4 rings (SSSR count). The number of methoxy groups -OCH3 is 1. The van der Waals surface area contributed by atoms with Crippen LogP contribution in [-0.4, -0.2) is 34.6 Å². The van der Waals surface area contributed by atoms with Crippen molar-refractivity contribution >= 4 is 57.8 Å². The fourth-order valence-electron chi connectivity index (χ4n) is 3.39. The average molecular weight is 437 g/mol. The van der Waals surface area contributed by atoms with Crippen LogP contribution in [-0.2, 0) is 25.7 Å². The van der Waals surface area contributed by atoms with Gasteiger partial charge in [-0.15, -0.1) is 0 Å². The molecular formula is C22H16FN3O4S. The lowest BCUT2D eigenvalue weighted by Crippen LogP contribution is -2.54. The minimum absolute atomic E-state index is 0.0279. The summed E-state index contributed by atoms with van der Waals surface area (Å²) in [6, 6.07) is 12.6. The number of rotatable bonds is 4. The maximum Gasteiger partial charge on any atom is 0.325 e. The predicted octanol–water partition coefficient (Wildman–Crippen LogP) is 2.78. The topological polar surface area (TPSA) is 80.6 Å². The first-order valence-electron chi connectivity index (χ1n) is 9.21. The maximum absolute atomic E-state index is 13.7. The van der Waals surface area contributed by atoms with E-state index in [0.29, 0.717) is 5.56 Å². The minimum atomic E-state index is -0.677. The number of anilines is 1. The van der Waals surface area contributed by atoms with Gasteiger partial charge in [0.1, 0.15) is 17.9 Å². The summed E-state index contributed by atoms with van der Waals surface area (Å²) in [5, 5.41) is 3.08. The van der Waals surface area contributed by atoms with E-state index in [-0.39, 0.29) is 22.9 Å². The number of thiocarbonyl (C=S) groups is 1. The Labute approximate surface area is 181 Å². The summed E-state index contributed by atoms with van der Waals surface area (Å²) in [5.74, 6) is -2.31. The smallest absolute Gasteiger partial charge is 0.325 e. The fraction of sp³-hybridized carbons (Fsp3) is 0.0909. The summed E-state index contributed by atoms with van der Waals surface area (Å²) < 4.78 is 20.1. The molecule has 3 aromatic rings. The van der Waals surface area contributed by atoms with Gasteiger partial charge in [-0.25, -0.2) is 4.39 Å². The standard InChI is InChI=1S/C22H16FN3O4S/c1-30-19(27)12-25-11-13(16-7-2-3-8-18(16)25)9-17-20(28)24-22(31)26(21(17)29)15-6-4-5-14(23)10-15/h2-11H,12H2,1H3,(H,24,28,31)/b17-9+. The van der Waals surface area contributed by atoms with Crippen molar-refractivity contribution in [3.8, 4) is 0 Å². The molecule has 2 amide bonds. The van der Waals surface area contributed by atoms with Crippen LogP contribution in [0.1, 0.15) is 5.56 Å². The Morgan fingerprint density at radius 1 is 1.19 bits per heavy atom. The van der Waals surface area contributed by atoms with E-state index in [4.69, 9.17) is 17.0 Å². The Hall–Kier alpha value is -3.85. The van der Waals surface area contributed by atoms with Crippen molar-refractivity contribution in [2.45, 2.75) is 6.54 Å². The summed E-state index contributed by atoms with van der Waals surface area (Å²) in [6.45, 7) is -0.0279. The molecule has 0 aliphatic carbocycles. The number of fused-ring (bicyclic) bond motifs is 1. The number of benzene rings is 2. The number of halogens is 1. The molecule has 0 bridgehead atoms. The number of carbonyl (C=O) groups is 3. The number of aromatic nitrogens is 1. The summed E-state index contributed by atoms with van der Waals surface area (Å²) in [5.41, 5.74) is 1.33. The van der Waals surface area contributed by atoms with Crippen LogP contribution < -0.4 is 10.2 Å². The zero-order valence-corrected chi connectivity index (χ0v) is 17.1. The Bertz CT molecular complexity index is 1280. The van der Waals surface area contributed by atoms with Crippen LogP contribution in [0.5, 0.6) is 0 Å². The number of hydrogen-bond donors (Lipinski definition) is 1. The largest absolute Gasteiger partial charge is 0.468 e. The molecule has 31 heavy (non-hydrogen) atoms. The number of nitrogens with zero attached hydrogens (tertiary/aromatic N) is 2. The highest BCUT2D eigenvalue weighted by Crippen LogP contribution is 2.27. The first-order chi connectivity index (χ1) is 14.9. The van der Waals surface area contributed by atoms with Crippen molar-refractivity contribution < 1.29 is 23.5 Å². The molecule has 1 aliphatic heterocycles. The van der Waals surface area contributed by atoms with E-state index in [0.717, 1.165) is 21.9 Å². The van der Waals surface area contributed by atoms with E-state index in [2.05, 4.69) is 5.32 Å². The molecule has 0 radical (unpaired) electrons. The molecule has 1 aromatic heterocycles. The van der Waals surface area contributed by atoms with Gasteiger partial charge in [-0.2, -0.15) is 0 Å². The van der Waals surface area contributed by atoms with Gasteiger partial charge in [0.05, 0.1) is 12.8 Å². The minimum Gasteiger partial charge on any atom is -0.468 e. The van der Waals surface area contributed by atoms with E-state index in [1.54, 1.807) is 10.8 Å². The van der Waals surface area contributed by atoms with E-state index in [1.807, 2.05) is 24.3 Å². The number of nitrogens with one attached hydrogen (secondary N) is 1. The monoisotopic (exact) mass is 437 g/mol. The Kier molecular flexibility index (Phi) is 5.35. The predicted molar refractivity (Wildman–Crippen MR) is 117 cm³/mol. The van der Waals surface area contributed by atoms with E-state index in [1.165, 1.54) is 31.4 Å². The molecule has 2 heterocycles. The quantitative estimate of drug-likeness (QED) is 0.294. The van der Waals surface area contributed by atoms with E-state index in [9.17, 15) is 18.8 Å². The van der Waals surface area contributed by atoms with Crippen LogP contribution in [0.2, 0.25) is 0 Å². The maximum atomic E-state index is 13.7. The van der Waals surface area contributed by atoms with Crippen LogP contribution in [0.4, 0.5) is 10.1 Å². The Morgan fingerprint density at radius 3 is 2.71 bits per heavy atom. The lowest BCUT2D eigenvalue weighted by molar-refractivity contribution is -0.141. The lowest BCUT2D eigenvalue weighted by atomic mass is 10.1. The highest BCUT2D eigenvalue weighted by molar-refractivity contribution is 7.80. The molecule has 1 N–H and O–H groups in total. The SMILES string of the molecule is COC(=O)Cn1cc(/C=C2\C(=O)NC(=S)N(c3cccc(F)c3)C2=O)c2ccccc21. The summed E-state index contributed by atoms with van der Waals surface area (Å²) in [6.07, 6.45) is 3.09. The van der Waals surface area contributed by atoms with Crippen molar-refractivity contribution in [2.75, 3.05) is 12.0 Å². The van der Waals surface area contributed by atoms with Crippen LogP contribution in [0.3, 0.4) is 0 Å². The number of ether oxygens (including phenoxy) is 1. The Morgan fingerprint density at radius 2 is 1.97 bits per heavy atom. The normalized spacial score (nSPS) is 15.5. The van der Waals surface area contributed by atoms with E-state index < -0.39 is 23.6 Å². The molecule has 0 saturated carbocycles. The number of carbonyl (C=O) groups excluding carboxylic acids is 3. The zero-order valence-electron chi connectivity index (χ0n) is 16.3. The third kappa shape index (κ3) is 3.82. The number of para-hydroxylation sites is 1. The van der Waals surface area contributed by atoms with Crippen molar-refractivity contribution in [1.29, 1.82) is 0 Å². The second-order valence-electron chi connectivity index (χ2n) is 6.74. The van der Waals surface area contributed by atoms with Gasteiger partial charge in [-0.3, -0.25) is 24.6 Å².